The number of benzene rings is 3. The van der Waals surface area contributed by atoms with E-state index < -0.39 is 0 Å². The normalized spacial score (nSPS) is 13.6. The number of aliphatic hydroxyl groups is 1. The number of carbonyl (C=O) groups excluding carboxylic acids is 1. The van der Waals surface area contributed by atoms with Crippen molar-refractivity contribution < 1.29 is 30.0 Å². The van der Waals surface area contributed by atoms with Crippen molar-refractivity contribution in [3.63, 3.8) is 0 Å². The molecule has 0 unspecified atom stereocenters. The Balaban J connectivity index is 0.000000274. The van der Waals surface area contributed by atoms with Gasteiger partial charge in [-0.05, 0) is 66.0 Å². The van der Waals surface area contributed by atoms with Gasteiger partial charge in [-0.25, -0.2) is 4.98 Å². The molecule has 1 N–H and O–H groups in total. The smallest absolute Gasteiger partial charge is 0.162 e. The second-order valence-electron chi connectivity index (χ2n) is 12.6. The van der Waals surface area contributed by atoms with Crippen molar-refractivity contribution in [3.8, 4) is 11.3 Å². The third-order valence-electron chi connectivity index (χ3n) is 8.90. The first-order chi connectivity index (χ1) is 20.0. The van der Waals surface area contributed by atoms with Crippen molar-refractivity contribution in [2.24, 2.45) is 17.8 Å². The van der Waals surface area contributed by atoms with Gasteiger partial charge in [0.15, 0.2) is 5.78 Å². The van der Waals surface area contributed by atoms with Crippen molar-refractivity contribution in [2.45, 2.75) is 92.9 Å². The van der Waals surface area contributed by atoms with E-state index in [4.69, 9.17) is 4.98 Å². The van der Waals surface area contributed by atoms with Crippen molar-refractivity contribution in [3.05, 3.63) is 83.4 Å². The molecule has 0 saturated carbocycles. The summed E-state index contributed by atoms with van der Waals surface area (Å²) in [6.45, 7) is 17.2. The number of aromatic nitrogens is 2. The van der Waals surface area contributed by atoms with Gasteiger partial charge in [-0.3, -0.25) is 9.78 Å². The summed E-state index contributed by atoms with van der Waals surface area (Å²) in [6, 6.07) is 19.1. The number of carbonyl (C=O) groups is 1. The predicted molar refractivity (Wildman–Crippen MR) is 176 cm³/mol. The van der Waals surface area contributed by atoms with Crippen LogP contribution in [0.25, 0.3) is 32.9 Å². The van der Waals surface area contributed by atoms with Crippen LogP contribution in [0.2, 0.25) is 0 Å². The van der Waals surface area contributed by atoms with Crippen LogP contribution >= 0.6 is 0 Å². The molecule has 1 heterocycles. The molecular weight excluding hydrogens is 709 g/mol. The quantitative estimate of drug-likeness (QED) is 0.105. The summed E-state index contributed by atoms with van der Waals surface area (Å²) in [5.41, 5.74) is 7.07. The minimum Gasteiger partial charge on any atom is -0.512 e. The first-order valence-corrected chi connectivity index (χ1v) is 15.7. The minimum absolute atomic E-state index is 0. The van der Waals surface area contributed by atoms with Gasteiger partial charge in [-0.2, -0.15) is 0 Å². The summed E-state index contributed by atoms with van der Waals surface area (Å²) < 4.78 is 0. The number of nitrogens with zero attached hydrogens (tertiary/aromatic N) is 2. The van der Waals surface area contributed by atoms with Crippen LogP contribution < -0.4 is 0 Å². The van der Waals surface area contributed by atoms with E-state index in [1.165, 1.54) is 33.5 Å². The number of ketones is 1. The molecule has 1 radical (unpaired) electrons. The van der Waals surface area contributed by atoms with Gasteiger partial charge in [0.1, 0.15) is 6.33 Å². The van der Waals surface area contributed by atoms with Crippen LogP contribution in [0.4, 0.5) is 0 Å². The zero-order valence-electron chi connectivity index (χ0n) is 27.0. The third kappa shape index (κ3) is 7.27. The minimum atomic E-state index is -0.112. The summed E-state index contributed by atoms with van der Waals surface area (Å²) in [7, 11) is 0. The van der Waals surface area contributed by atoms with Gasteiger partial charge in [0, 0.05) is 43.7 Å². The molecule has 4 nitrogen and oxygen atoms in total. The van der Waals surface area contributed by atoms with Crippen LogP contribution in [0.1, 0.15) is 97.8 Å². The van der Waals surface area contributed by atoms with Gasteiger partial charge in [-0.1, -0.05) is 96.2 Å². The zero-order valence-corrected chi connectivity index (χ0v) is 29.4. The Hall–Kier alpha value is -2.88. The van der Waals surface area contributed by atoms with Crippen molar-refractivity contribution in [2.75, 3.05) is 0 Å². The molecular formula is C38H47IrN2O2-. The summed E-state index contributed by atoms with van der Waals surface area (Å²) in [5.74, 6) is 1.17. The molecule has 0 bridgehead atoms. The largest absolute Gasteiger partial charge is 0.512 e. The molecule has 0 spiro atoms. The van der Waals surface area contributed by atoms with Crippen LogP contribution in [0.3, 0.4) is 0 Å². The van der Waals surface area contributed by atoms with Crippen LogP contribution in [0.5, 0.6) is 0 Å². The number of hydrogen-bond donors (Lipinski definition) is 1. The predicted octanol–water partition coefficient (Wildman–Crippen LogP) is 9.96. The number of aliphatic hydroxyl groups excluding tert-OH is 1. The maximum atomic E-state index is 11.7. The van der Waals surface area contributed by atoms with E-state index in [1.54, 1.807) is 6.33 Å². The van der Waals surface area contributed by atoms with E-state index in [-0.39, 0.29) is 48.9 Å². The van der Waals surface area contributed by atoms with Gasteiger partial charge in [0.2, 0.25) is 0 Å². The Morgan fingerprint density at radius 3 is 2.21 bits per heavy atom. The molecule has 1 aliphatic carbocycles. The van der Waals surface area contributed by atoms with Gasteiger partial charge < -0.3 is 5.11 Å². The molecule has 4 aromatic rings. The molecule has 43 heavy (non-hydrogen) atoms. The van der Waals surface area contributed by atoms with Crippen molar-refractivity contribution in [1.29, 1.82) is 0 Å². The average molecular weight is 756 g/mol. The molecule has 5 heteroatoms. The SMILES string of the molecule is CC(C)Cc1cc2c3c(ncnc3c1)-c1[c-]c3ccccc3cc1C2(C)C.CCC(CC)C(=O)/C=C(\O)C(CC)CC.[Ir]. The van der Waals surface area contributed by atoms with E-state index in [9.17, 15) is 9.90 Å². The van der Waals surface area contributed by atoms with E-state index >= 15 is 0 Å². The van der Waals surface area contributed by atoms with Gasteiger partial charge in [0.25, 0.3) is 0 Å². The molecule has 3 aromatic carbocycles. The molecule has 0 aliphatic heterocycles. The monoisotopic (exact) mass is 756 g/mol. The molecule has 1 aromatic heterocycles. The first kappa shape index (κ1) is 34.6. The second kappa shape index (κ2) is 14.7. The Bertz CT molecular complexity index is 1600. The van der Waals surface area contributed by atoms with E-state index in [0.717, 1.165) is 54.3 Å². The fourth-order valence-corrected chi connectivity index (χ4v) is 6.29. The molecule has 0 atom stereocenters. The molecule has 0 amide bonds. The second-order valence-corrected chi connectivity index (χ2v) is 12.6. The van der Waals surface area contributed by atoms with Crippen LogP contribution in [-0.4, -0.2) is 20.9 Å². The summed E-state index contributed by atoms with van der Waals surface area (Å²) in [4.78, 5) is 21.0. The summed E-state index contributed by atoms with van der Waals surface area (Å²) >= 11 is 0. The molecule has 0 saturated heterocycles. The van der Waals surface area contributed by atoms with E-state index in [0.29, 0.717) is 5.92 Å². The van der Waals surface area contributed by atoms with Crippen molar-refractivity contribution >= 4 is 27.5 Å². The third-order valence-corrected chi connectivity index (χ3v) is 8.90. The Morgan fingerprint density at radius 2 is 1.58 bits per heavy atom. The number of rotatable bonds is 9. The standard InChI is InChI=1S/C25H23N2.C13H24O2.Ir/c1-15(2)9-16-10-21-23-22(11-16)26-14-27-24(23)19-12-17-7-5-6-8-18(17)13-20(19)25(21,3)4;1-5-10(6-2)12(14)9-13(15)11(7-3)8-4;/h5-8,10-11,13-15H,9H2,1-4H3;9-11,14H,5-8H2,1-4H3;/q-1;;/b;12-9-;. The Morgan fingerprint density at radius 1 is 0.930 bits per heavy atom. The zero-order chi connectivity index (χ0) is 30.6. The van der Waals surface area contributed by atoms with Gasteiger partial charge in [0.05, 0.1) is 11.3 Å². The fraction of sp³-hybridized carbons (Fsp3) is 0.447. The van der Waals surface area contributed by atoms with Crippen molar-refractivity contribution in [1.82, 2.24) is 9.97 Å². The molecule has 0 fully saturated rings. The van der Waals surface area contributed by atoms with Gasteiger partial charge in [-0.15, -0.1) is 23.6 Å². The number of allylic oxidation sites excluding steroid dienone is 2. The van der Waals surface area contributed by atoms with E-state index in [1.807, 2.05) is 27.7 Å². The van der Waals surface area contributed by atoms with Crippen LogP contribution in [0, 0.1) is 23.8 Å². The summed E-state index contributed by atoms with van der Waals surface area (Å²) in [6.07, 6.45) is 7.67. The summed E-state index contributed by atoms with van der Waals surface area (Å²) in [5, 5.41) is 13.3. The van der Waals surface area contributed by atoms with Gasteiger partial charge >= 0.3 is 0 Å². The number of hydrogen-bond acceptors (Lipinski definition) is 4. The molecule has 231 valence electrons. The maximum absolute atomic E-state index is 11.7. The number of fused-ring (bicyclic) bond motifs is 3. The maximum Gasteiger partial charge on any atom is 0.162 e. The first-order valence-electron chi connectivity index (χ1n) is 15.7. The fourth-order valence-electron chi connectivity index (χ4n) is 6.29. The Kier molecular flexibility index (Phi) is 11.9. The molecule has 1 aliphatic rings. The van der Waals surface area contributed by atoms with Crippen LogP contribution in [-0.2, 0) is 36.7 Å². The van der Waals surface area contributed by atoms with E-state index in [2.05, 4.69) is 81.2 Å². The topological polar surface area (TPSA) is 63.1 Å². The Labute approximate surface area is 271 Å². The van der Waals surface area contributed by atoms with Crippen LogP contribution in [0.15, 0.2) is 60.6 Å². The average Bonchev–Trinajstić information content (AvgIpc) is 2.96. The molecule has 5 rings (SSSR count).